The molecule has 1 aromatic carbocycles. The number of hydrogen-bond acceptors (Lipinski definition) is 2. The third kappa shape index (κ3) is 5.15. The summed E-state index contributed by atoms with van der Waals surface area (Å²) in [5.74, 6) is 1.55. The molecule has 0 aliphatic carbocycles. The van der Waals surface area contributed by atoms with E-state index < -0.39 is 9.84 Å². The number of halogens is 1. The molecule has 0 saturated heterocycles. The van der Waals surface area contributed by atoms with E-state index in [1.165, 1.54) is 0 Å². The largest absolute Gasteiger partial charge is 0.224 e. The third-order valence-electron chi connectivity index (χ3n) is 3.39. The van der Waals surface area contributed by atoms with Crippen LogP contribution >= 0.6 is 11.6 Å². The molecule has 0 amide bonds. The van der Waals surface area contributed by atoms with E-state index in [0.29, 0.717) is 29.0 Å². The Hall–Kier alpha value is -0.540. The lowest BCUT2D eigenvalue weighted by atomic mass is 10.0. The minimum Gasteiger partial charge on any atom is -0.224 e. The highest BCUT2D eigenvalue weighted by Gasteiger charge is 2.16. The molecular formula is C15H23ClO2S. The molecule has 1 unspecified atom stereocenters. The SMILES string of the molecule is CC(CCCl)CCS(=O)(=O)c1ccc(C(C)C)cc1. The number of alkyl halides is 1. The van der Waals surface area contributed by atoms with Crippen LogP contribution in [0.25, 0.3) is 0 Å². The Bertz CT molecular complexity index is 477. The smallest absolute Gasteiger partial charge is 0.178 e. The summed E-state index contributed by atoms with van der Waals surface area (Å²) in [6.07, 6.45) is 1.53. The molecule has 1 aromatic rings. The first-order valence-corrected chi connectivity index (χ1v) is 8.94. The molecule has 0 N–H and O–H groups in total. The van der Waals surface area contributed by atoms with Gasteiger partial charge in [-0.1, -0.05) is 32.9 Å². The van der Waals surface area contributed by atoms with Crippen LogP contribution in [-0.4, -0.2) is 20.1 Å². The van der Waals surface area contributed by atoms with E-state index in [2.05, 4.69) is 13.8 Å². The normalized spacial score (nSPS) is 13.7. The minimum atomic E-state index is -3.16. The highest BCUT2D eigenvalue weighted by molar-refractivity contribution is 7.91. The number of sulfone groups is 1. The zero-order chi connectivity index (χ0) is 14.5. The number of hydrogen-bond donors (Lipinski definition) is 0. The van der Waals surface area contributed by atoms with Crippen molar-refractivity contribution >= 4 is 21.4 Å². The van der Waals surface area contributed by atoms with Gasteiger partial charge in [0.25, 0.3) is 0 Å². The molecule has 108 valence electrons. The van der Waals surface area contributed by atoms with E-state index in [9.17, 15) is 8.42 Å². The van der Waals surface area contributed by atoms with Crippen molar-refractivity contribution in [3.05, 3.63) is 29.8 Å². The second kappa shape index (κ2) is 7.30. The molecule has 2 nitrogen and oxygen atoms in total. The first-order chi connectivity index (χ1) is 8.86. The van der Waals surface area contributed by atoms with Crippen molar-refractivity contribution in [2.75, 3.05) is 11.6 Å². The molecule has 0 aromatic heterocycles. The summed E-state index contributed by atoms with van der Waals surface area (Å²) in [5, 5.41) is 0. The maximum atomic E-state index is 12.2. The second-order valence-electron chi connectivity index (χ2n) is 5.41. The van der Waals surface area contributed by atoms with Gasteiger partial charge in [0.2, 0.25) is 0 Å². The Morgan fingerprint density at radius 1 is 1.05 bits per heavy atom. The van der Waals surface area contributed by atoms with Gasteiger partial charge in [-0.05, 0) is 42.4 Å². The topological polar surface area (TPSA) is 34.1 Å². The Labute approximate surface area is 122 Å². The molecule has 1 atom stereocenters. The molecule has 0 bridgehead atoms. The van der Waals surface area contributed by atoms with Crippen LogP contribution in [0.5, 0.6) is 0 Å². The van der Waals surface area contributed by atoms with Gasteiger partial charge in [0.05, 0.1) is 10.6 Å². The van der Waals surface area contributed by atoms with Crippen molar-refractivity contribution in [1.82, 2.24) is 0 Å². The molecule has 0 aliphatic rings. The summed E-state index contributed by atoms with van der Waals surface area (Å²) >= 11 is 5.66. The summed E-state index contributed by atoms with van der Waals surface area (Å²) in [7, 11) is -3.16. The van der Waals surface area contributed by atoms with Crippen LogP contribution < -0.4 is 0 Å². The van der Waals surface area contributed by atoms with Gasteiger partial charge >= 0.3 is 0 Å². The van der Waals surface area contributed by atoms with Crippen molar-refractivity contribution < 1.29 is 8.42 Å². The lowest BCUT2D eigenvalue weighted by Crippen LogP contribution is -2.10. The predicted molar refractivity (Wildman–Crippen MR) is 81.7 cm³/mol. The summed E-state index contributed by atoms with van der Waals surface area (Å²) in [4.78, 5) is 0.426. The first-order valence-electron chi connectivity index (χ1n) is 6.75. The first kappa shape index (κ1) is 16.5. The average molecular weight is 303 g/mol. The fraction of sp³-hybridized carbons (Fsp3) is 0.600. The van der Waals surface area contributed by atoms with E-state index in [1.807, 2.05) is 19.1 Å². The van der Waals surface area contributed by atoms with Gasteiger partial charge in [-0.3, -0.25) is 0 Å². The molecule has 0 spiro atoms. The average Bonchev–Trinajstić information content (AvgIpc) is 2.37. The van der Waals surface area contributed by atoms with Crippen LogP contribution in [0.15, 0.2) is 29.2 Å². The maximum absolute atomic E-state index is 12.2. The van der Waals surface area contributed by atoms with Gasteiger partial charge in [-0.25, -0.2) is 8.42 Å². The molecule has 1 rings (SSSR count). The molecule has 0 aliphatic heterocycles. The molecule has 19 heavy (non-hydrogen) atoms. The predicted octanol–water partition coefficient (Wildman–Crippen LogP) is 4.24. The zero-order valence-electron chi connectivity index (χ0n) is 11.9. The highest BCUT2D eigenvalue weighted by atomic mass is 35.5. The van der Waals surface area contributed by atoms with E-state index in [0.717, 1.165) is 12.0 Å². The fourth-order valence-corrected chi connectivity index (χ4v) is 3.74. The lowest BCUT2D eigenvalue weighted by Gasteiger charge is -2.11. The van der Waals surface area contributed by atoms with Gasteiger partial charge < -0.3 is 0 Å². The quantitative estimate of drug-likeness (QED) is 0.706. The van der Waals surface area contributed by atoms with Gasteiger partial charge in [0.15, 0.2) is 9.84 Å². The lowest BCUT2D eigenvalue weighted by molar-refractivity contribution is 0.534. The van der Waals surface area contributed by atoms with Gasteiger partial charge in [-0.2, -0.15) is 0 Å². The van der Waals surface area contributed by atoms with Crippen LogP contribution in [0.2, 0.25) is 0 Å². The van der Waals surface area contributed by atoms with Crippen molar-refractivity contribution in [2.45, 2.75) is 44.4 Å². The standard InChI is InChI=1S/C15H23ClO2S/c1-12(2)14-4-6-15(7-5-14)19(17,18)11-9-13(3)8-10-16/h4-7,12-13H,8-11H2,1-3H3. The fourth-order valence-electron chi connectivity index (χ4n) is 1.86. The number of rotatable bonds is 7. The van der Waals surface area contributed by atoms with Crippen LogP contribution in [0.4, 0.5) is 0 Å². The van der Waals surface area contributed by atoms with E-state index in [1.54, 1.807) is 12.1 Å². The van der Waals surface area contributed by atoms with E-state index >= 15 is 0 Å². The zero-order valence-corrected chi connectivity index (χ0v) is 13.5. The molecule has 0 heterocycles. The minimum absolute atomic E-state index is 0.200. The van der Waals surface area contributed by atoms with Crippen LogP contribution in [0.1, 0.15) is 45.1 Å². The Morgan fingerprint density at radius 3 is 2.11 bits per heavy atom. The third-order valence-corrected chi connectivity index (χ3v) is 5.37. The van der Waals surface area contributed by atoms with Crippen LogP contribution in [0.3, 0.4) is 0 Å². The molecule has 4 heteroatoms. The molecular weight excluding hydrogens is 280 g/mol. The number of benzene rings is 1. The summed E-state index contributed by atoms with van der Waals surface area (Å²) in [5.41, 5.74) is 1.16. The van der Waals surface area contributed by atoms with Gasteiger partial charge in [0.1, 0.15) is 0 Å². The van der Waals surface area contributed by atoms with Crippen LogP contribution in [-0.2, 0) is 9.84 Å². The van der Waals surface area contributed by atoms with E-state index in [-0.39, 0.29) is 5.75 Å². The van der Waals surface area contributed by atoms with Crippen molar-refractivity contribution in [3.63, 3.8) is 0 Å². The summed E-state index contributed by atoms with van der Waals surface area (Å²) in [6, 6.07) is 7.24. The van der Waals surface area contributed by atoms with Gasteiger partial charge in [-0.15, -0.1) is 11.6 Å². The maximum Gasteiger partial charge on any atom is 0.178 e. The Balaban J connectivity index is 2.72. The highest BCUT2D eigenvalue weighted by Crippen LogP contribution is 2.20. The van der Waals surface area contributed by atoms with E-state index in [4.69, 9.17) is 11.6 Å². The van der Waals surface area contributed by atoms with Gasteiger partial charge in [0, 0.05) is 5.88 Å². The molecule has 0 fully saturated rings. The molecule has 0 saturated carbocycles. The van der Waals surface area contributed by atoms with Crippen molar-refractivity contribution in [1.29, 1.82) is 0 Å². The molecule has 0 radical (unpaired) electrons. The van der Waals surface area contributed by atoms with Crippen molar-refractivity contribution in [2.24, 2.45) is 5.92 Å². The summed E-state index contributed by atoms with van der Waals surface area (Å²) in [6.45, 7) is 6.23. The van der Waals surface area contributed by atoms with Crippen LogP contribution in [0, 0.1) is 5.92 Å². The summed E-state index contributed by atoms with van der Waals surface area (Å²) < 4.78 is 24.4. The monoisotopic (exact) mass is 302 g/mol. The Kier molecular flexibility index (Phi) is 6.34. The second-order valence-corrected chi connectivity index (χ2v) is 7.90. The Morgan fingerprint density at radius 2 is 1.63 bits per heavy atom. The van der Waals surface area contributed by atoms with Crippen molar-refractivity contribution in [3.8, 4) is 0 Å².